The average molecular weight is 401 g/mol. The first-order valence-electron chi connectivity index (χ1n) is 9.86. The van der Waals surface area contributed by atoms with Gasteiger partial charge in [0.2, 0.25) is 0 Å². The fourth-order valence-electron chi connectivity index (χ4n) is 2.90. The number of hydrogen-bond acceptors (Lipinski definition) is 5. The highest BCUT2D eigenvalue weighted by molar-refractivity contribution is 5.82. The Hall–Kier alpha value is -2.34. The van der Waals surface area contributed by atoms with Gasteiger partial charge < -0.3 is 24.4 Å². The van der Waals surface area contributed by atoms with Gasteiger partial charge in [-0.1, -0.05) is 36.8 Å². The van der Waals surface area contributed by atoms with E-state index in [1.807, 2.05) is 55.5 Å². The van der Waals surface area contributed by atoms with Crippen LogP contribution in [0.15, 0.2) is 54.1 Å². The van der Waals surface area contributed by atoms with E-state index in [4.69, 9.17) is 19.3 Å². The predicted octanol–water partition coefficient (Wildman–Crippen LogP) is 3.92. The highest BCUT2D eigenvalue weighted by atomic mass is 16.5. The van der Waals surface area contributed by atoms with Gasteiger partial charge in [-0.05, 0) is 54.8 Å². The number of ether oxygens (including phenoxy) is 3. The van der Waals surface area contributed by atoms with Gasteiger partial charge in [-0.3, -0.25) is 0 Å². The summed E-state index contributed by atoms with van der Waals surface area (Å²) in [6, 6.07) is 15.9. The summed E-state index contributed by atoms with van der Waals surface area (Å²) >= 11 is 0. The molecule has 2 aromatic carbocycles. The van der Waals surface area contributed by atoms with Crippen molar-refractivity contribution in [3.63, 3.8) is 0 Å². The Morgan fingerprint density at radius 2 is 1.31 bits per heavy atom. The summed E-state index contributed by atoms with van der Waals surface area (Å²) < 4.78 is 16.2. The van der Waals surface area contributed by atoms with E-state index in [0.29, 0.717) is 12.4 Å². The van der Waals surface area contributed by atoms with Crippen LogP contribution in [0.5, 0.6) is 11.5 Å². The van der Waals surface area contributed by atoms with E-state index in [1.165, 1.54) is 5.57 Å². The summed E-state index contributed by atoms with van der Waals surface area (Å²) in [5, 5.41) is 18.8. The van der Waals surface area contributed by atoms with Gasteiger partial charge in [-0.25, -0.2) is 0 Å². The average Bonchev–Trinajstić information content (AvgIpc) is 2.72. The van der Waals surface area contributed by atoms with Gasteiger partial charge in [-0.15, -0.1) is 0 Å². The molecule has 2 unspecified atom stereocenters. The lowest BCUT2D eigenvalue weighted by Crippen LogP contribution is -2.22. The predicted molar refractivity (Wildman–Crippen MR) is 115 cm³/mol. The molecule has 0 fully saturated rings. The van der Waals surface area contributed by atoms with Crippen molar-refractivity contribution in [2.75, 3.05) is 33.5 Å². The van der Waals surface area contributed by atoms with Crippen molar-refractivity contribution in [1.82, 2.24) is 0 Å². The number of allylic oxidation sites excluding steroid dienone is 1. The fourth-order valence-corrected chi connectivity index (χ4v) is 2.90. The standard InChI is InChI=1S/C24H32O5/c1-17(2)24(19-5-9-22(10-6-19)28-14-18(3)13-25)20-7-11-23(12-8-20)29-16-21(26)15-27-4/h5-12,18,21,25-26H,13-16H2,1-4H3. The lowest BCUT2D eigenvalue weighted by atomic mass is 9.94. The molecule has 158 valence electrons. The van der Waals surface area contributed by atoms with Crippen molar-refractivity contribution >= 4 is 5.57 Å². The van der Waals surface area contributed by atoms with Crippen molar-refractivity contribution < 1.29 is 24.4 Å². The van der Waals surface area contributed by atoms with Crippen LogP contribution in [0.2, 0.25) is 0 Å². The van der Waals surface area contributed by atoms with Crippen LogP contribution in [0.4, 0.5) is 0 Å². The van der Waals surface area contributed by atoms with Crippen LogP contribution in [0.1, 0.15) is 31.9 Å². The first kappa shape index (κ1) is 22.9. The monoisotopic (exact) mass is 400 g/mol. The van der Waals surface area contributed by atoms with Crippen molar-refractivity contribution in [2.45, 2.75) is 26.9 Å². The molecule has 5 heteroatoms. The number of hydrogen-bond donors (Lipinski definition) is 2. The maximum atomic E-state index is 9.70. The normalized spacial score (nSPS) is 12.9. The number of benzene rings is 2. The van der Waals surface area contributed by atoms with Crippen LogP contribution in [0.3, 0.4) is 0 Å². The molecule has 0 heterocycles. The van der Waals surface area contributed by atoms with Gasteiger partial charge in [0, 0.05) is 19.6 Å². The molecule has 0 saturated carbocycles. The minimum absolute atomic E-state index is 0.111. The van der Waals surface area contributed by atoms with Gasteiger partial charge >= 0.3 is 0 Å². The van der Waals surface area contributed by atoms with Crippen LogP contribution < -0.4 is 9.47 Å². The van der Waals surface area contributed by atoms with Crippen LogP contribution in [0.25, 0.3) is 5.57 Å². The zero-order chi connectivity index (χ0) is 21.2. The summed E-state index contributed by atoms with van der Waals surface area (Å²) in [5.41, 5.74) is 4.57. The van der Waals surface area contributed by atoms with Gasteiger partial charge in [0.25, 0.3) is 0 Å². The van der Waals surface area contributed by atoms with Crippen molar-refractivity contribution in [2.24, 2.45) is 5.92 Å². The third kappa shape index (κ3) is 7.20. The molecule has 2 atom stereocenters. The summed E-state index contributed by atoms with van der Waals surface area (Å²) in [6.45, 7) is 7.18. The Labute approximate surface area is 173 Å². The van der Waals surface area contributed by atoms with Crippen molar-refractivity contribution in [1.29, 1.82) is 0 Å². The number of aliphatic hydroxyl groups is 2. The van der Waals surface area contributed by atoms with Gasteiger partial charge in [0.1, 0.15) is 24.2 Å². The molecule has 0 aliphatic heterocycles. The summed E-state index contributed by atoms with van der Waals surface area (Å²) in [4.78, 5) is 0. The van der Waals surface area contributed by atoms with E-state index in [2.05, 4.69) is 13.8 Å². The molecule has 0 saturated heterocycles. The Morgan fingerprint density at radius 1 is 0.828 bits per heavy atom. The quantitative estimate of drug-likeness (QED) is 0.598. The second kappa shape index (κ2) is 11.6. The van der Waals surface area contributed by atoms with Gasteiger partial charge in [0.05, 0.1) is 13.2 Å². The lowest BCUT2D eigenvalue weighted by molar-refractivity contribution is 0.0325. The second-order valence-electron chi connectivity index (χ2n) is 7.44. The molecule has 2 N–H and O–H groups in total. The molecule has 29 heavy (non-hydrogen) atoms. The number of aliphatic hydroxyl groups excluding tert-OH is 2. The Balaban J connectivity index is 2.09. The Morgan fingerprint density at radius 3 is 1.72 bits per heavy atom. The third-order valence-electron chi connectivity index (χ3n) is 4.43. The molecule has 0 spiro atoms. The van der Waals surface area contributed by atoms with E-state index < -0.39 is 6.10 Å². The molecule has 0 aliphatic rings. The van der Waals surface area contributed by atoms with Crippen molar-refractivity contribution in [3.05, 3.63) is 65.2 Å². The Kier molecular flexibility index (Phi) is 9.19. The van der Waals surface area contributed by atoms with Crippen LogP contribution in [-0.2, 0) is 4.74 Å². The molecule has 0 radical (unpaired) electrons. The minimum Gasteiger partial charge on any atom is -0.493 e. The molecule has 5 nitrogen and oxygen atoms in total. The van der Waals surface area contributed by atoms with E-state index >= 15 is 0 Å². The van der Waals surface area contributed by atoms with Crippen LogP contribution >= 0.6 is 0 Å². The summed E-state index contributed by atoms with van der Waals surface area (Å²) in [7, 11) is 1.55. The molecule has 2 aromatic rings. The third-order valence-corrected chi connectivity index (χ3v) is 4.43. The smallest absolute Gasteiger partial charge is 0.119 e. The molecular weight excluding hydrogens is 368 g/mol. The zero-order valence-corrected chi connectivity index (χ0v) is 17.7. The zero-order valence-electron chi connectivity index (χ0n) is 17.7. The lowest BCUT2D eigenvalue weighted by Gasteiger charge is -2.15. The fraction of sp³-hybridized carbons (Fsp3) is 0.417. The van der Waals surface area contributed by atoms with Crippen LogP contribution in [0, 0.1) is 5.92 Å². The molecular formula is C24H32O5. The highest BCUT2D eigenvalue weighted by Crippen LogP contribution is 2.29. The van der Waals surface area contributed by atoms with E-state index in [-0.39, 0.29) is 25.7 Å². The van der Waals surface area contributed by atoms with E-state index in [9.17, 15) is 5.11 Å². The summed E-state index contributed by atoms with van der Waals surface area (Å²) in [5.74, 6) is 1.61. The Bertz CT molecular complexity index is 761. The summed E-state index contributed by atoms with van der Waals surface area (Å²) in [6.07, 6.45) is -0.644. The number of methoxy groups -OCH3 is 1. The maximum absolute atomic E-state index is 9.70. The molecule has 0 aromatic heterocycles. The molecule has 0 bridgehead atoms. The number of rotatable bonds is 11. The van der Waals surface area contributed by atoms with E-state index in [1.54, 1.807) is 7.11 Å². The second-order valence-corrected chi connectivity index (χ2v) is 7.44. The van der Waals surface area contributed by atoms with E-state index in [0.717, 1.165) is 22.4 Å². The van der Waals surface area contributed by atoms with Gasteiger partial charge in [0.15, 0.2) is 0 Å². The topological polar surface area (TPSA) is 68.2 Å². The van der Waals surface area contributed by atoms with Crippen LogP contribution in [-0.4, -0.2) is 49.9 Å². The first-order chi connectivity index (χ1) is 13.9. The highest BCUT2D eigenvalue weighted by Gasteiger charge is 2.10. The molecule has 0 amide bonds. The maximum Gasteiger partial charge on any atom is 0.119 e. The minimum atomic E-state index is -0.644. The largest absolute Gasteiger partial charge is 0.493 e. The SMILES string of the molecule is COCC(O)COc1ccc(C(=C(C)C)c2ccc(OCC(C)CO)cc2)cc1. The first-order valence-corrected chi connectivity index (χ1v) is 9.86. The molecule has 0 aliphatic carbocycles. The van der Waals surface area contributed by atoms with Gasteiger partial charge in [-0.2, -0.15) is 0 Å². The van der Waals surface area contributed by atoms with Crippen molar-refractivity contribution in [3.8, 4) is 11.5 Å². The molecule has 2 rings (SSSR count).